The van der Waals surface area contributed by atoms with E-state index in [2.05, 4.69) is 5.10 Å². The highest BCUT2D eigenvalue weighted by Gasteiger charge is 2.30. The van der Waals surface area contributed by atoms with Crippen LogP contribution in [-0.4, -0.2) is 20.9 Å². The third-order valence-electron chi connectivity index (χ3n) is 2.87. The first-order valence-corrected chi connectivity index (χ1v) is 5.72. The number of rotatable bonds is 3. The molecular weight excluding hydrogens is 273 g/mol. The summed E-state index contributed by atoms with van der Waals surface area (Å²) in [6.07, 6.45) is -3.30. The van der Waals surface area contributed by atoms with Crippen LogP contribution < -0.4 is 0 Å². The van der Waals surface area contributed by atoms with Gasteiger partial charge < -0.3 is 5.11 Å². The molecule has 1 aromatic carbocycles. The first kappa shape index (κ1) is 14.1. The van der Waals surface area contributed by atoms with Crippen molar-refractivity contribution in [3.63, 3.8) is 0 Å². The number of benzene rings is 1. The van der Waals surface area contributed by atoms with Gasteiger partial charge in [0.15, 0.2) is 0 Å². The van der Waals surface area contributed by atoms with Gasteiger partial charge in [0.2, 0.25) is 0 Å². The molecular formula is C13H11F3N2O2. The van der Waals surface area contributed by atoms with Gasteiger partial charge in [0.05, 0.1) is 23.9 Å². The molecule has 2 rings (SSSR count). The maximum atomic E-state index is 12.7. The van der Waals surface area contributed by atoms with Crippen LogP contribution in [-0.2, 0) is 17.4 Å². The van der Waals surface area contributed by atoms with E-state index in [0.717, 1.165) is 12.1 Å². The molecule has 1 aromatic heterocycles. The number of hydrogen-bond donors (Lipinski definition) is 1. The Hall–Kier alpha value is -2.31. The number of carboxylic acids is 1. The maximum absolute atomic E-state index is 12.7. The number of nitrogens with zero attached hydrogens (tertiary/aromatic N) is 2. The molecule has 0 aliphatic carbocycles. The van der Waals surface area contributed by atoms with Crippen molar-refractivity contribution in [3.05, 3.63) is 47.3 Å². The lowest BCUT2D eigenvalue weighted by Crippen LogP contribution is -2.07. The van der Waals surface area contributed by atoms with E-state index in [1.807, 2.05) is 0 Å². The molecule has 0 aliphatic rings. The number of alkyl halides is 3. The van der Waals surface area contributed by atoms with Crippen molar-refractivity contribution in [1.82, 2.24) is 9.78 Å². The quantitative estimate of drug-likeness (QED) is 0.943. The second kappa shape index (κ2) is 4.99. The van der Waals surface area contributed by atoms with Crippen molar-refractivity contribution >= 4 is 5.97 Å². The van der Waals surface area contributed by atoms with E-state index < -0.39 is 17.7 Å². The highest BCUT2D eigenvalue weighted by Crippen LogP contribution is 2.30. The molecule has 0 radical (unpaired) electrons. The van der Waals surface area contributed by atoms with Gasteiger partial charge in [0, 0.05) is 11.3 Å². The third-order valence-corrected chi connectivity index (χ3v) is 2.87. The van der Waals surface area contributed by atoms with Crippen LogP contribution in [0.5, 0.6) is 0 Å². The Morgan fingerprint density at radius 2 is 2.10 bits per heavy atom. The summed E-state index contributed by atoms with van der Waals surface area (Å²) < 4.78 is 39.3. The summed E-state index contributed by atoms with van der Waals surface area (Å²) in [7, 11) is 0. The highest BCUT2D eigenvalue weighted by atomic mass is 19.4. The molecule has 0 saturated heterocycles. The topological polar surface area (TPSA) is 55.1 Å². The minimum Gasteiger partial charge on any atom is -0.481 e. The predicted molar refractivity (Wildman–Crippen MR) is 64.6 cm³/mol. The van der Waals surface area contributed by atoms with E-state index in [1.165, 1.54) is 23.0 Å². The minimum atomic E-state index is -4.43. The van der Waals surface area contributed by atoms with E-state index >= 15 is 0 Å². The Balaban J connectivity index is 2.42. The Morgan fingerprint density at radius 1 is 1.40 bits per heavy atom. The number of aliphatic carboxylic acids is 1. The molecule has 0 amide bonds. The fourth-order valence-corrected chi connectivity index (χ4v) is 1.85. The standard InChI is InChI=1S/C13H11F3N2O2/c1-8-9(5-12(19)20)7-17-18(8)11-4-2-3-10(6-11)13(14,15)16/h2-4,6-7H,5H2,1H3,(H,19,20). The van der Waals surface area contributed by atoms with E-state index in [0.29, 0.717) is 11.3 Å². The van der Waals surface area contributed by atoms with Crippen molar-refractivity contribution in [2.45, 2.75) is 19.5 Å². The average molecular weight is 284 g/mol. The van der Waals surface area contributed by atoms with Crippen molar-refractivity contribution in [1.29, 1.82) is 0 Å². The van der Waals surface area contributed by atoms with Gasteiger partial charge in [-0.1, -0.05) is 6.07 Å². The van der Waals surface area contributed by atoms with Crippen LogP contribution in [0.2, 0.25) is 0 Å². The molecule has 4 nitrogen and oxygen atoms in total. The maximum Gasteiger partial charge on any atom is 0.416 e. The van der Waals surface area contributed by atoms with Crippen molar-refractivity contribution in [2.24, 2.45) is 0 Å². The first-order chi connectivity index (χ1) is 9.29. The fraction of sp³-hybridized carbons (Fsp3) is 0.231. The molecule has 0 saturated carbocycles. The fourth-order valence-electron chi connectivity index (χ4n) is 1.85. The summed E-state index contributed by atoms with van der Waals surface area (Å²) in [5, 5.41) is 12.7. The van der Waals surface area contributed by atoms with Gasteiger partial charge >= 0.3 is 12.1 Å². The first-order valence-electron chi connectivity index (χ1n) is 5.72. The second-order valence-electron chi connectivity index (χ2n) is 4.29. The SMILES string of the molecule is Cc1c(CC(=O)O)cnn1-c1cccc(C(F)(F)F)c1. The second-order valence-corrected chi connectivity index (χ2v) is 4.29. The summed E-state index contributed by atoms with van der Waals surface area (Å²) in [6.45, 7) is 1.62. The number of aromatic nitrogens is 2. The lowest BCUT2D eigenvalue weighted by atomic mass is 10.1. The van der Waals surface area contributed by atoms with Gasteiger partial charge in [-0.2, -0.15) is 18.3 Å². The molecule has 2 aromatic rings. The van der Waals surface area contributed by atoms with Crippen LogP contribution >= 0.6 is 0 Å². The molecule has 0 atom stereocenters. The summed E-state index contributed by atoms with van der Waals surface area (Å²) in [5.41, 5.74) is 0.445. The van der Waals surface area contributed by atoms with Crippen LogP contribution in [0.3, 0.4) is 0 Å². The predicted octanol–water partition coefficient (Wildman–Crippen LogP) is 2.83. The molecule has 106 valence electrons. The number of halogens is 3. The summed E-state index contributed by atoms with van der Waals surface area (Å²) in [5.74, 6) is -1.02. The van der Waals surface area contributed by atoms with E-state index in [4.69, 9.17) is 5.11 Å². The van der Waals surface area contributed by atoms with Crippen molar-refractivity contribution in [3.8, 4) is 5.69 Å². The van der Waals surface area contributed by atoms with Crippen molar-refractivity contribution in [2.75, 3.05) is 0 Å². The molecule has 1 heterocycles. The summed E-state index contributed by atoms with van der Waals surface area (Å²) in [4.78, 5) is 10.7. The van der Waals surface area contributed by atoms with E-state index in [-0.39, 0.29) is 12.1 Å². The van der Waals surface area contributed by atoms with E-state index in [9.17, 15) is 18.0 Å². The van der Waals surface area contributed by atoms with Gasteiger partial charge in [-0.05, 0) is 25.1 Å². The molecule has 0 fully saturated rings. The Bertz CT molecular complexity index is 647. The van der Waals surface area contributed by atoms with Gasteiger partial charge in [0.25, 0.3) is 0 Å². The Kier molecular flexibility index (Phi) is 3.52. The van der Waals surface area contributed by atoms with Crippen molar-refractivity contribution < 1.29 is 23.1 Å². The molecule has 20 heavy (non-hydrogen) atoms. The monoisotopic (exact) mass is 284 g/mol. The van der Waals surface area contributed by atoms with Gasteiger partial charge in [-0.25, -0.2) is 4.68 Å². The third kappa shape index (κ3) is 2.81. The molecule has 1 N–H and O–H groups in total. The van der Waals surface area contributed by atoms with Crippen LogP contribution in [0, 0.1) is 6.92 Å². The minimum absolute atomic E-state index is 0.217. The normalized spacial score (nSPS) is 11.6. The Labute approximate surface area is 112 Å². The zero-order chi connectivity index (χ0) is 14.9. The zero-order valence-electron chi connectivity index (χ0n) is 10.5. The molecule has 0 unspecified atom stereocenters. The zero-order valence-corrected chi connectivity index (χ0v) is 10.5. The number of carbonyl (C=O) groups is 1. The summed E-state index contributed by atoms with van der Waals surface area (Å²) >= 11 is 0. The molecule has 0 aliphatic heterocycles. The average Bonchev–Trinajstić information content (AvgIpc) is 2.69. The molecule has 0 bridgehead atoms. The largest absolute Gasteiger partial charge is 0.481 e. The van der Waals surface area contributed by atoms with Crippen LogP contribution in [0.15, 0.2) is 30.5 Å². The number of carboxylic acid groups (broad SMARTS) is 1. The van der Waals surface area contributed by atoms with Gasteiger partial charge in [0.1, 0.15) is 0 Å². The molecule has 7 heteroatoms. The molecule has 0 spiro atoms. The van der Waals surface area contributed by atoms with Crippen LogP contribution in [0.4, 0.5) is 13.2 Å². The Morgan fingerprint density at radius 3 is 2.70 bits per heavy atom. The van der Waals surface area contributed by atoms with Gasteiger partial charge in [-0.3, -0.25) is 4.79 Å². The summed E-state index contributed by atoms with van der Waals surface area (Å²) in [6, 6.07) is 4.72. The van der Waals surface area contributed by atoms with Crippen LogP contribution in [0.25, 0.3) is 5.69 Å². The van der Waals surface area contributed by atoms with Gasteiger partial charge in [-0.15, -0.1) is 0 Å². The smallest absolute Gasteiger partial charge is 0.416 e. The highest BCUT2D eigenvalue weighted by molar-refractivity contribution is 5.70. The number of hydrogen-bond acceptors (Lipinski definition) is 2. The van der Waals surface area contributed by atoms with E-state index in [1.54, 1.807) is 6.92 Å². The lowest BCUT2D eigenvalue weighted by molar-refractivity contribution is -0.138. The lowest BCUT2D eigenvalue weighted by Gasteiger charge is -2.10. The van der Waals surface area contributed by atoms with Crippen LogP contribution in [0.1, 0.15) is 16.8 Å².